The fourth-order valence-corrected chi connectivity index (χ4v) is 2.75. The highest BCUT2D eigenvalue weighted by molar-refractivity contribution is 9.10. The highest BCUT2D eigenvalue weighted by Gasteiger charge is 2.13. The lowest BCUT2D eigenvalue weighted by atomic mass is 10.2. The van der Waals surface area contributed by atoms with Crippen LogP contribution in [0.2, 0.25) is 0 Å². The molecule has 1 N–H and O–H groups in total. The molecule has 1 amide bonds. The van der Waals surface area contributed by atoms with Crippen molar-refractivity contribution in [3.05, 3.63) is 58.6 Å². The zero-order valence-corrected chi connectivity index (χ0v) is 14.9. The minimum atomic E-state index is -0.382. The normalized spacial score (nSPS) is 12.5. The van der Waals surface area contributed by atoms with Crippen LogP contribution >= 0.6 is 15.9 Å². The number of rotatable bonds is 4. The summed E-state index contributed by atoms with van der Waals surface area (Å²) in [5.41, 5.74) is 1.56. The quantitative estimate of drug-likeness (QED) is 0.653. The first-order chi connectivity index (χ1) is 12.7. The van der Waals surface area contributed by atoms with Crippen molar-refractivity contribution in [1.29, 1.82) is 0 Å². The van der Waals surface area contributed by atoms with Crippen molar-refractivity contribution < 1.29 is 18.7 Å². The van der Waals surface area contributed by atoms with E-state index in [9.17, 15) is 4.79 Å². The number of halogens is 1. The van der Waals surface area contributed by atoms with Crippen molar-refractivity contribution in [2.24, 2.45) is 0 Å². The second-order valence-electron chi connectivity index (χ2n) is 5.36. The van der Waals surface area contributed by atoms with Crippen molar-refractivity contribution in [1.82, 2.24) is 10.2 Å². The monoisotopic (exact) mass is 413 g/mol. The Bertz CT molecular complexity index is 1000. The van der Waals surface area contributed by atoms with Gasteiger partial charge in [0, 0.05) is 16.1 Å². The van der Waals surface area contributed by atoms with Gasteiger partial charge in [-0.05, 0) is 42.0 Å². The summed E-state index contributed by atoms with van der Waals surface area (Å²) in [5, 5.41) is 10.3. The number of hydrogen-bond donors (Lipinski definition) is 1. The molecule has 0 aliphatic carbocycles. The smallest absolute Gasteiger partial charge is 0.322 e. The van der Waals surface area contributed by atoms with Gasteiger partial charge in [-0.15, -0.1) is 5.10 Å². The van der Waals surface area contributed by atoms with E-state index in [0.717, 1.165) is 15.6 Å². The molecule has 0 radical (unpaired) electrons. The molecule has 0 atom stereocenters. The van der Waals surface area contributed by atoms with E-state index in [-0.39, 0.29) is 18.7 Å². The summed E-state index contributed by atoms with van der Waals surface area (Å²) in [4.78, 5) is 12.0. The molecule has 4 rings (SSSR count). The lowest BCUT2D eigenvalue weighted by Gasteiger charge is -1.98. The molecule has 26 heavy (non-hydrogen) atoms. The highest BCUT2D eigenvalue weighted by atomic mass is 79.9. The molecular formula is C18H12BrN3O4. The number of fused-ring (bicyclic) bond motifs is 1. The maximum atomic E-state index is 12.0. The Labute approximate surface area is 156 Å². The molecule has 8 heteroatoms. The molecule has 130 valence electrons. The van der Waals surface area contributed by atoms with Crippen molar-refractivity contribution in [3.8, 4) is 23.0 Å². The molecule has 0 spiro atoms. The van der Waals surface area contributed by atoms with Gasteiger partial charge in [0.2, 0.25) is 12.7 Å². The van der Waals surface area contributed by atoms with Crippen LogP contribution in [-0.4, -0.2) is 22.9 Å². The summed E-state index contributed by atoms with van der Waals surface area (Å²) in [6.07, 6.45) is 3.03. The average molecular weight is 414 g/mol. The lowest BCUT2D eigenvalue weighted by molar-refractivity contribution is -0.112. The zero-order chi connectivity index (χ0) is 17.9. The Morgan fingerprint density at radius 1 is 1.12 bits per heavy atom. The second kappa shape index (κ2) is 7.01. The van der Waals surface area contributed by atoms with Crippen molar-refractivity contribution in [3.63, 3.8) is 0 Å². The molecule has 3 aromatic rings. The average Bonchev–Trinajstić information content (AvgIpc) is 3.28. The number of ether oxygens (including phenoxy) is 2. The Kier molecular flexibility index (Phi) is 4.40. The SMILES string of the molecule is O=C(C=Cc1ccc2c(c1)OCO2)Nc1nnc(-c2cccc(Br)c2)o1. The van der Waals surface area contributed by atoms with Crippen molar-refractivity contribution >= 4 is 33.9 Å². The van der Waals surface area contributed by atoms with Gasteiger partial charge in [0.05, 0.1) is 0 Å². The Balaban J connectivity index is 1.42. The van der Waals surface area contributed by atoms with Crippen LogP contribution in [0.4, 0.5) is 6.01 Å². The molecule has 0 bridgehead atoms. The number of aromatic nitrogens is 2. The second-order valence-corrected chi connectivity index (χ2v) is 6.27. The lowest BCUT2D eigenvalue weighted by Crippen LogP contribution is -2.07. The van der Waals surface area contributed by atoms with Gasteiger partial charge in [0.1, 0.15) is 0 Å². The van der Waals surface area contributed by atoms with Gasteiger partial charge in [0.15, 0.2) is 11.5 Å². The number of nitrogens with one attached hydrogen (secondary N) is 1. The molecule has 0 fully saturated rings. The maximum absolute atomic E-state index is 12.0. The van der Waals surface area contributed by atoms with Crippen LogP contribution in [0.1, 0.15) is 5.56 Å². The Morgan fingerprint density at radius 3 is 2.88 bits per heavy atom. The largest absolute Gasteiger partial charge is 0.454 e. The van der Waals surface area contributed by atoms with Crippen molar-refractivity contribution in [2.75, 3.05) is 12.1 Å². The molecular weight excluding hydrogens is 402 g/mol. The molecule has 1 aromatic heterocycles. The summed E-state index contributed by atoms with van der Waals surface area (Å²) < 4.78 is 16.9. The van der Waals surface area contributed by atoms with E-state index in [0.29, 0.717) is 17.4 Å². The number of anilines is 1. The number of carbonyl (C=O) groups is 1. The number of benzene rings is 2. The number of hydrogen-bond acceptors (Lipinski definition) is 6. The minimum Gasteiger partial charge on any atom is -0.454 e. The van der Waals surface area contributed by atoms with E-state index < -0.39 is 0 Å². The fraction of sp³-hybridized carbons (Fsp3) is 0.0556. The topological polar surface area (TPSA) is 86.5 Å². The third-order valence-corrected chi connectivity index (χ3v) is 4.04. The van der Waals surface area contributed by atoms with E-state index in [4.69, 9.17) is 13.9 Å². The molecule has 1 aliphatic heterocycles. The molecule has 0 saturated carbocycles. The van der Waals surface area contributed by atoms with Crippen molar-refractivity contribution in [2.45, 2.75) is 0 Å². The highest BCUT2D eigenvalue weighted by Crippen LogP contribution is 2.32. The number of nitrogens with zero attached hydrogens (tertiary/aromatic N) is 2. The van der Waals surface area contributed by atoms with Crippen LogP contribution in [0, 0.1) is 0 Å². The van der Waals surface area contributed by atoms with Crippen LogP contribution in [0.5, 0.6) is 11.5 Å². The van der Waals surface area contributed by atoms with E-state index in [1.807, 2.05) is 30.3 Å². The van der Waals surface area contributed by atoms with Gasteiger partial charge >= 0.3 is 6.01 Å². The van der Waals surface area contributed by atoms with Gasteiger partial charge in [-0.25, -0.2) is 0 Å². The first-order valence-electron chi connectivity index (χ1n) is 7.65. The van der Waals surface area contributed by atoms with Crippen LogP contribution in [-0.2, 0) is 4.79 Å². The van der Waals surface area contributed by atoms with E-state index in [1.165, 1.54) is 6.08 Å². The number of amides is 1. The van der Waals surface area contributed by atoms with Gasteiger partial charge in [-0.2, -0.15) is 0 Å². The molecule has 7 nitrogen and oxygen atoms in total. The Hall–Kier alpha value is -3.13. The summed E-state index contributed by atoms with van der Waals surface area (Å²) in [6.45, 7) is 0.209. The van der Waals surface area contributed by atoms with Crippen LogP contribution in [0.25, 0.3) is 17.5 Å². The standard InChI is InChI=1S/C18H12BrN3O4/c19-13-3-1-2-12(9-13)17-21-22-18(26-17)20-16(23)7-5-11-4-6-14-15(8-11)25-10-24-14/h1-9H,10H2,(H,20,22,23). The summed E-state index contributed by atoms with van der Waals surface area (Å²) in [5.74, 6) is 1.29. The van der Waals surface area contributed by atoms with Crippen LogP contribution in [0.15, 0.2) is 57.4 Å². The zero-order valence-electron chi connectivity index (χ0n) is 13.3. The van der Waals surface area contributed by atoms with Gasteiger partial charge < -0.3 is 13.9 Å². The molecule has 1 aliphatic rings. The summed E-state index contributed by atoms with van der Waals surface area (Å²) >= 11 is 3.38. The molecule has 2 aromatic carbocycles. The first kappa shape index (κ1) is 16.3. The van der Waals surface area contributed by atoms with E-state index in [2.05, 4.69) is 31.4 Å². The third kappa shape index (κ3) is 3.60. The van der Waals surface area contributed by atoms with Crippen LogP contribution < -0.4 is 14.8 Å². The first-order valence-corrected chi connectivity index (χ1v) is 8.45. The molecule has 0 saturated heterocycles. The van der Waals surface area contributed by atoms with Gasteiger partial charge in [-0.1, -0.05) is 33.2 Å². The Morgan fingerprint density at radius 2 is 2.00 bits per heavy atom. The maximum Gasteiger partial charge on any atom is 0.322 e. The summed E-state index contributed by atoms with van der Waals surface area (Å²) in [7, 11) is 0. The summed E-state index contributed by atoms with van der Waals surface area (Å²) in [6, 6.07) is 12.9. The molecule has 2 heterocycles. The van der Waals surface area contributed by atoms with Gasteiger partial charge in [-0.3, -0.25) is 10.1 Å². The van der Waals surface area contributed by atoms with Gasteiger partial charge in [0.25, 0.3) is 5.91 Å². The predicted molar refractivity (Wildman–Crippen MR) is 97.7 cm³/mol. The minimum absolute atomic E-state index is 0.0281. The van der Waals surface area contributed by atoms with Crippen LogP contribution in [0.3, 0.4) is 0 Å². The predicted octanol–water partition coefficient (Wildman–Crippen LogP) is 3.88. The third-order valence-electron chi connectivity index (χ3n) is 3.55. The number of carbonyl (C=O) groups excluding carboxylic acids is 1. The molecule has 0 unspecified atom stereocenters. The van der Waals surface area contributed by atoms with E-state index in [1.54, 1.807) is 18.2 Å². The fourth-order valence-electron chi connectivity index (χ4n) is 2.35. The van der Waals surface area contributed by atoms with E-state index >= 15 is 0 Å².